The number of hydrogen-bond acceptors (Lipinski definition) is 3. The minimum atomic E-state index is 0.717. The lowest BCUT2D eigenvalue weighted by molar-refractivity contribution is 0.831. The third-order valence-electron chi connectivity index (χ3n) is 0.884. The number of hydrogen-bond donors (Lipinski definition) is 0. The van der Waals surface area contributed by atoms with Crippen molar-refractivity contribution in [1.82, 2.24) is 0 Å². The second-order valence-corrected chi connectivity index (χ2v) is 4.29. The van der Waals surface area contributed by atoms with Crippen molar-refractivity contribution in [2.24, 2.45) is 0 Å². The summed E-state index contributed by atoms with van der Waals surface area (Å²) in [6.45, 7) is 0. The predicted octanol–water partition coefficient (Wildman–Crippen LogP) is 2.69. The van der Waals surface area contributed by atoms with E-state index in [-0.39, 0.29) is 0 Å². The Kier molecular flexibility index (Phi) is 8.36. The monoisotopic (exact) mass is 161 g/mol. The van der Waals surface area contributed by atoms with Crippen LogP contribution < -0.4 is 0 Å². The van der Waals surface area contributed by atoms with Gasteiger partial charge in [-0.25, -0.2) is 0 Å². The van der Waals surface area contributed by atoms with Gasteiger partial charge in [-0.05, 0) is 19.1 Å². The lowest BCUT2D eigenvalue weighted by Crippen LogP contribution is -1.75. The summed E-state index contributed by atoms with van der Waals surface area (Å²) in [4.78, 5) is 0. The van der Waals surface area contributed by atoms with Crippen molar-refractivity contribution in [2.75, 3.05) is 12.0 Å². The first-order chi connectivity index (χ1) is 4.41. The Balaban J connectivity index is 2.69. The van der Waals surface area contributed by atoms with Crippen LogP contribution in [-0.2, 0) is 0 Å². The molecule has 0 aliphatic rings. The van der Waals surface area contributed by atoms with Gasteiger partial charge in [0.1, 0.15) is 0 Å². The molecule has 0 amide bonds. The van der Waals surface area contributed by atoms with Crippen LogP contribution in [0.3, 0.4) is 0 Å². The van der Waals surface area contributed by atoms with Crippen LogP contribution >= 0.6 is 21.6 Å². The van der Waals surface area contributed by atoms with Crippen molar-refractivity contribution in [1.29, 1.82) is 5.26 Å². The van der Waals surface area contributed by atoms with Gasteiger partial charge in [0.15, 0.2) is 0 Å². The summed E-state index contributed by atoms with van der Waals surface area (Å²) in [6, 6.07) is 2.13. The first-order valence-electron chi connectivity index (χ1n) is 2.94. The topological polar surface area (TPSA) is 23.8 Å². The Hall–Kier alpha value is 0.190. The predicted molar refractivity (Wildman–Crippen MR) is 45.4 cm³/mol. The van der Waals surface area contributed by atoms with E-state index in [1.54, 1.807) is 10.8 Å². The summed E-state index contributed by atoms with van der Waals surface area (Å²) in [5.41, 5.74) is 0. The van der Waals surface area contributed by atoms with Crippen molar-refractivity contribution >= 4 is 21.6 Å². The molecule has 0 radical (unpaired) electrons. The number of unbranched alkanes of at least 4 members (excludes halogenated alkanes) is 2. The van der Waals surface area contributed by atoms with Gasteiger partial charge in [0.2, 0.25) is 0 Å². The zero-order valence-electron chi connectivity index (χ0n) is 5.59. The maximum absolute atomic E-state index is 8.16. The van der Waals surface area contributed by atoms with Crippen molar-refractivity contribution in [2.45, 2.75) is 19.3 Å². The highest BCUT2D eigenvalue weighted by Gasteiger charge is 1.86. The summed E-state index contributed by atoms with van der Waals surface area (Å²) >= 11 is 0. The molecular weight excluding hydrogens is 150 g/mol. The van der Waals surface area contributed by atoms with E-state index in [1.807, 2.05) is 10.8 Å². The molecule has 0 aliphatic carbocycles. The van der Waals surface area contributed by atoms with Crippen LogP contribution in [0, 0.1) is 11.3 Å². The summed E-state index contributed by atoms with van der Waals surface area (Å²) in [5, 5.41) is 8.16. The van der Waals surface area contributed by atoms with Crippen molar-refractivity contribution in [3.63, 3.8) is 0 Å². The van der Waals surface area contributed by atoms with E-state index in [1.165, 1.54) is 12.2 Å². The molecule has 0 aromatic carbocycles. The molecule has 0 saturated heterocycles. The van der Waals surface area contributed by atoms with Crippen molar-refractivity contribution in [3.8, 4) is 6.07 Å². The van der Waals surface area contributed by atoms with Gasteiger partial charge >= 0.3 is 0 Å². The molecule has 0 heterocycles. The molecule has 0 aromatic heterocycles. The zero-order valence-corrected chi connectivity index (χ0v) is 7.23. The quantitative estimate of drug-likeness (QED) is 0.457. The minimum absolute atomic E-state index is 0.717. The molecule has 0 saturated carbocycles. The van der Waals surface area contributed by atoms with E-state index in [0.717, 1.165) is 12.8 Å². The van der Waals surface area contributed by atoms with Gasteiger partial charge in [0, 0.05) is 12.2 Å². The van der Waals surface area contributed by atoms with Crippen LogP contribution in [0.5, 0.6) is 0 Å². The molecule has 0 aromatic rings. The van der Waals surface area contributed by atoms with Crippen LogP contribution in [0.4, 0.5) is 0 Å². The second-order valence-electron chi connectivity index (χ2n) is 1.60. The Morgan fingerprint density at radius 1 is 1.44 bits per heavy atom. The maximum Gasteiger partial charge on any atom is 0.0621 e. The van der Waals surface area contributed by atoms with Crippen molar-refractivity contribution < 1.29 is 0 Å². The molecule has 0 atom stereocenters. The normalized spacial score (nSPS) is 8.89. The van der Waals surface area contributed by atoms with Crippen LogP contribution in [0.25, 0.3) is 0 Å². The van der Waals surface area contributed by atoms with Crippen LogP contribution in [0.2, 0.25) is 0 Å². The van der Waals surface area contributed by atoms with E-state index in [0.29, 0.717) is 0 Å². The summed E-state index contributed by atoms with van der Waals surface area (Å²) in [7, 11) is 3.66. The van der Waals surface area contributed by atoms with E-state index in [4.69, 9.17) is 5.26 Å². The van der Waals surface area contributed by atoms with Gasteiger partial charge in [0.25, 0.3) is 0 Å². The largest absolute Gasteiger partial charge is 0.198 e. The molecule has 0 bridgehead atoms. The molecular formula is C6H11NS2. The Bertz CT molecular complexity index is 87.5. The molecule has 52 valence electrons. The average Bonchev–Trinajstić information content (AvgIpc) is 1.89. The molecule has 0 fully saturated rings. The molecule has 0 spiro atoms. The first-order valence-corrected chi connectivity index (χ1v) is 5.67. The van der Waals surface area contributed by atoms with Crippen molar-refractivity contribution in [3.05, 3.63) is 0 Å². The summed E-state index contributed by atoms with van der Waals surface area (Å²) in [6.07, 6.45) is 5.03. The lowest BCUT2D eigenvalue weighted by atomic mass is 10.3. The molecule has 0 unspecified atom stereocenters. The summed E-state index contributed by atoms with van der Waals surface area (Å²) < 4.78 is 0. The van der Waals surface area contributed by atoms with Gasteiger partial charge in [-0.3, -0.25) is 0 Å². The molecule has 0 aliphatic heterocycles. The molecule has 1 nitrogen and oxygen atoms in total. The highest BCUT2D eigenvalue weighted by atomic mass is 33.1. The molecule has 3 heteroatoms. The third-order valence-corrected chi connectivity index (χ3v) is 2.78. The van der Waals surface area contributed by atoms with Crippen LogP contribution in [-0.4, -0.2) is 12.0 Å². The summed E-state index contributed by atoms with van der Waals surface area (Å²) in [5.74, 6) is 1.18. The zero-order chi connectivity index (χ0) is 6.95. The second kappa shape index (κ2) is 8.19. The van der Waals surface area contributed by atoms with E-state index >= 15 is 0 Å². The third kappa shape index (κ3) is 8.19. The lowest BCUT2D eigenvalue weighted by Gasteiger charge is -1.92. The van der Waals surface area contributed by atoms with E-state index in [9.17, 15) is 0 Å². The van der Waals surface area contributed by atoms with E-state index < -0.39 is 0 Å². The maximum atomic E-state index is 8.16. The van der Waals surface area contributed by atoms with Gasteiger partial charge in [-0.2, -0.15) is 5.26 Å². The van der Waals surface area contributed by atoms with E-state index in [2.05, 4.69) is 12.3 Å². The SMILES string of the molecule is CSSCCCCC#N. The van der Waals surface area contributed by atoms with Gasteiger partial charge in [-0.15, -0.1) is 0 Å². The Morgan fingerprint density at radius 2 is 2.22 bits per heavy atom. The number of rotatable bonds is 5. The fraction of sp³-hybridized carbons (Fsp3) is 0.833. The van der Waals surface area contributed by atoms with Gasteiger partial charge in [-0.1, -0.05) is 21.6 Å². The van der Waals surface area contributed by atoms with Crippen LogP contribution in [0.1, 0.15) is 19.3 Å². The van der Waals surface area contributed by atoms with Gasteiger partial charge < -0.3 is 0 Å². The minimum Gasteiger partial charge on any atom is -0.198 e. The molecule has 9 heavy (non-hydrogen) atoms. The molecule has 0 rings (SSSR count). The molecule has 0 N–H and O–H groups in total. The first kappa shape index (κ1) is 9.19. The fourth-order valence-electron chi connectivity index (χ4n) is 0.448. The fourth-order valence-corrected chi connectivity index (χ4v) is 1.79. The highest BCUT2D eigenvalue weighted by molar-refractivity contribution is 8.76. The Morgan fingerprint density at radius 3 is 2.78 bits per heavy atom. The van der Waals surface area contributed by atoms with Gasteiger partial charge in [0.05, 0.1) is 6.07 Å². The highest BCUT2D eigenvalue weighted by Crippen LogP contribution is 2.18. The number of nitriles is 1. The smallest absolute Gasteiger partial charge is 0.0621 e. The number of nitrogens with zero attached hydrogens (tertiary/aromatic N) is 1. The standard InChI is InChI=1S/C6H11NS2/c1-8-9-6-4-2-3-5-7/h2-4,6H2,1H3. The average molecular weight is 161 g/mol. The van der Waals surface area contributed by atoms with Crippen LogP contribution in [0.15, 0.2) is 0 Å². The Labute approximate surface area is 64.6 Å².